The lowest BCUT2D eigenvalue weighted by Crippen LogP contribution is -2.30. The third-order valence-electron chi connectivity index (χ3n) is 1.75. The molecule has 82 valence electrons. The molecule has 0 unspecified atom stereocenters. The molecule has 0 saturated carbocycles. The molecule has 0 aliphatic heterocycles. The Kier molecular flexibility index (Phi) is 5.14. The highest BCUT2D eigenvalue weighted by Gasteiger charge is 2.00. The number of urea groups is 1. The predicted octanol–water partition coefficient (Wildman–Crippen LogP) is 1.92. The van der Waals surface area contributed by atoms with Gasteiger partial charge >= 0.3 is 6.03 Å². The van der Waals surface area contributed by atoms with Crippen molar-refractivity contribution in [3.63, 3.8) is 0 Å². The number of rotatable bonds is 4. The Morgan fingerprint density at radius 3 is 2.93 bits per heavy atom. The first-order chi connectivity index (χ1) is 7.22. The van der Waals surface area contributed by atoms with E-state index in [-0.39, 0.29) is 6.03 Å². The van der Waals surface area contributed by atoms with E-state index in [0.29, 0.717) is 13.1 Å². The van der Waals surface area contributed by atoms with E-state index in [9.17, 15) is 4.79 Å². The molecule has 5 heteroatoms. The van der Waals surface area contributed by atoms with E-state index in [2.05, 4.69) is 26.6 Å². The number of carbonyl (C=O) groups excluding carboxylic acids is 1. The van der Waals surface area contributed by atoms with E-state index in [4.69, 9.17) is 5.73 Å². The lowest BCUT2D eigenvalue weighted by atomic mass is 10.3. The molecule has 0 bridgehead atoms. The second kappa shape index (κ2) is 6.42. The zero-order valence-corrected chi connectivity index (χ0v) is 9.88. The Labute approximate surface area is 97.4 Å². The van der Waals surface area contributed by atoms with Crippen molar-refractivity contribution in [1.82, 2.24) is 5.32 Å². The molecule has 0 aliphatic rings. The van der Waals surface area contributed by atoms with Crippen molar-refractivity contribution in [3.8, 4) is 0 Å². The molecular weight excluding hydrogens is 258 g/mol. The number of hydrogen-bond acceptors (Lipinski definition) is 2. The molecule has 0 heterocycles. The maximum atomic E-state index is 11.3. The fraction of sp³-hybridized carbons (Fsp3) is 0.300. The number of benzene rings is 1. The molecular formula is C10H14BrN3O. The summed E-state index contributed by atoms with van der Waals surface area (Å²) in [6.07, 6.45) is 0.784. The summed E-state index contributed by atoms with van der Waals surface area (Å²) in [6, 6.07) is 7.22. The summed E-state index contributed by atoms with van der Waals surface area (Å²) in [5.41, 5.74) is 6.07. The van der Waals surface area contributed by atoms with Crippen LogP contribution in [0.2, 0.25) is 0 Å². The Hall–Kier alpha value is -1.07. The maximum absolute atomic E-state index is 11.3. The molecule has 4 nitrogen and oxygen atoms in total. The van der Waals surface area contributed by atoms with Crippen LogP contribution in [0.5, 0.6) is 0 Å². The summed E-state index contributed by atoms with van der Waals surface area (Å²) in [7, 11) is 0. The van der Waals surface area contributed by atoms with Crippen molar-refractivity contribution in [2.45, 2.75) is 6.42 Å². The maximum Gasteiger partial charge on any atom is 0.319 e. The van der Waals surface area contributed by atoms with E-state index in [0.717, 1.165) is 16.6 Å². The molecule has 0 radical (unpaired) electrons. The largest absolute Gasteiger partial charge is 0.338 e. The van der Waals surface area contributed by atoms with E-state index >= 15 is 0 Å². The monoisotopic (exact) mass is 271 g/mol. The molecule has 0 aliphatic carbocycles. The SMILES string of the molecule is NCCCNC(=O)Nc1cccc(Br)c1. The number of nitrogens with one attached hydrogen (secondary N) is 2. The minimum Gasteiger partial charge on any atom is -0.338 e. The lowest BCUT2D eigenvalue weighted by Gasteiger charge is -2.06. The van der Waals surface area contributed by atoms with Gasteiger partial charge in [0, 0.05) is 16.7 Å². The van der Waals surface area contributed by atoms with Crippen LogP contribution in [0.3, 0.4) is 0 Å². The Morgan fingerprint density at radius 2 is 2.27 bits per heavy atom. The normalized spacial score (nSPS) is 9.73. The van der Waals surface area contributed by atoms with Gasteiger partial charge in [0.1, 0.15) is 0 Å². The molecule has 0 atom stereocenters. The van der Waals surface area contributed by atoms with Crippen LogP contribution in [0.1, 0.15) is 6.42 Å². The third kappa shape index (κ3) is 4.80. The summed E-state index contributed by atoms with van der Waals surface area (Å²) < 4.78 is 0.933. The average Bonchev–Trinajstić information content (AvgIpc) is 2.18. The molecule has 4 N–H and O–H groups in total. The first kappa shape index (κ1) is 12.0. The highest BCUT2D eigenvalue weighted by atomic mass is 79.9. The zero-order valence-electron chi connectivity index (χ0n) is 8.29. The number of nitrogens with two attached hydrogens (primary N) is 1. The molecule has 15 heavy (non-hydrogen) atoms. The minimum atomic E-state index is -0.207. The standard InChI is InChI=1S/C10H14BrN3O/c11-8-3-1-4-9(7-8)14-10(15)13-6-2-5-12/h1,3-4,7H,2,5-6,12H2,(H2,13,14,15). The fourth-order valence-electron chi connectivity index (χ4n) is 1.05. The lowest BCUT2D eigenvalue weighted by molar-refractivity contribution is 0.252. The van der Waals surface area contributed by atoms with Crippen LogP contribution in [0.15, 0.2) is 28.7 Å². The molecule has 2 amide bonds. The Bertz CT molecular complexity index is 330. The summed E-state index contributed by atoms with van der Waals surface area (Å²) in [4.78, 5) is 11.3. The third-order valence-corrected chi connectivity index (χ3v) is 2.24. The molecule has 1 aromatic carbocycles. The first-order valence-electron chi connectivity index (χ1n) is 4.73. The van der Waals surface area contributed by atoms with Crippen LogP contribution in [0.4, 0.5) is 10.5 Å². The van der Waals surface area contributed by atoms with Crippen LogP contribution in [-0.2, 0) is 0 Å². The summed E-state index contributed by atoms with van der Waals surface area (Å²) in [6.45, 7) is 1.17. The average molecular weight is 272 g/mol. The summed E-state index contributed by atoms with van der Waals surface area (Å²) in [5.74, 6) is 0. The van der Waals surface area contributed by atoms with Gasteiger partial charge in [-0.25, -0.2) is 4.79 Å². The van der Waals surface area contributed by atoms with Crippen molar-refractivity contribution in [3.05, 3.63) is 28.7 Å². The Balaban J connectivity index is 2.37. The van der Waals surface area contributed by atoms with Crippen molar-refractivity contribution in [1.29, 1.82) is 0 Å². The van der Waals surface area contributed by atoms with Crippen molar-refractivity contribution < 1.29 is 4.79 Å². The van der Waals surface area contributed by atoms with Gasteiger partial charge in [0.25, 0.3) is 0 Å². The molecule has 0 saturated heterocycles. The number of hydrogen-bond donors (Lipinski definition) is 3. The van der Waals surface area contributed by atoms with Crippen LogP contribution in [-0.4, -0.2) is 19.1 Å². The van der Waals surface area contributed by atoms with Gasteiger partial charge in [0.05, 0.1) is 0 Å². The van der Waals surface area contributed by atoms with E-state index in [1.807, 2.05) is 24.3 Å². The van der Waals surface area contributed by atoms with Gasteiger partial charge in [0.15, 0.2) is 0 Å². The first-order valence-corrected chi connectivity index (χ1v) is 5.52. The van der Waals surface area contributed by atoms with E-state index in [1.54, 1.807) is 0 Å². The van der Waals surface area contributed by atoms with Gasteiger partial charge < -0.3 is 16.4 Å². The molecule has 0 fully saturated rings. The number of anilines is 1. The molecule has 0 aromatic heterocycles. The smallest absolute Gasteiger partial charge is 0.319 e. The fourth-order valence-corrected chi connectivity index (χ4v) is 1.44. The van der Waals surface area contributed by atoms with Gasteiger partial charge in [0.2, 0.25) is 0 Å². The van der Waals surface area contributed by atoms with Gasteiger partial charge in [-0.3, -0.25) is 0 Å². The van der Waals surface area contributed by atoms with E-state index in [1.165, 1.54) is 0 Å². The van der Waals surface area contributed by atoms with Crippen LogP contribution >= 0.6 is 15.9 Å². The summed E-state index contributed by atoms with van der Waals surface area (Å²) >= 11 is 3.33. The topological polar surface area (TPSA) is 67.1 Å². The van der Waals surface area contributed by atoms with Crippen molar-refractivity contribution in [2.75, 3.05) is 18.4 Å². The van der Waals surface area contributed by atoms with Gasteiger partial charge in [-0.15, -0.1) is 0 Å². The van der Waals surface area contributed by atoms with Gasteiger partial charge in [-0.05, 0) is 31.2 Å². The summed E-state index contributed by atoms with van der Waals surface area (Å²) in [5, 5.41) is 5.43. The van der Waals surface area contributed by atoms with Crippen LogP contribution in [0.25, 0.3) is 0 Å². The number of carbonyl (C=O) groups is 1. The second-order valence-electron chi connectivity index (χ2n) is 3.03. The van der Waals surface area contributed by atoms with Gasteiger partial charge in [-0.2, -0.15) is 0 Å². The van der Waals surface area contributed by atoms with E-state index < -0.39 is 0 Å². The number of halogens is 1. The molecule has 1 aromatic rings. The van der Waals surface area contributed by atoms with Gasteiger partial charge in [-0.1, -0.05) is 22.0 Å². The second-order valence-corrected chi connectivity index (χ2v) is 3.95. The van der Waals surface area contributed by atoms with Crippen LogP contribution < -0.4 is 16.4 Å². The minimum absolute atomic E-state index is 0.207. The highest BCUT2D eigenvalue weighted by Crippen LogP contribution is 2.15. The quantitative estimate of drug-likeness (QED) is 0.733. The zero-order chi connectivity index (χ0) is 11.1. The van der Waals surface area contributed by atoms with Crippen molar-refractivity contribution in [2.24, 2.45) is 5.73 Å². The molecule has 0 spiro atoms. The van der Waals surface area contributed by atoms with Crippen molar-refractivity contribution >= 4 is 27.6 Å². The predicted molar refractivity (Wildman–Crippen MR) is 64.8 cm³/mol. The Morgan fingerprint density at radius 1 is 1.47 bits per heavy atom. The molecule has 1 rings (SSSR count). The highest BCUT2D eigenvalue weighted by molar-refractivity contribution is 9.10. The van der Waals surface area contributed by atoms with Crippen LogP contribution in [0, 0.1) is 0 Å². The number of amides is 2.